The number of fused-ring (bicyclic) bond motifs is 1. The second-order valence-electron chi connectivity index (χ2n) is 9.50. The van der Waals surface area contributed by atoms with E-state index in [1.165, 1.54) is 47.2 Å². The fraction of sp³-hybridized carbons (Fsp3) is 0.321. The summed E-state index contributed by atoms with van der Waals surface area (Å²) in [6, 6.07) is 6.96. The third-order valence-electron chi connectivity index (χ3n) is 6.74. The Hall–Kier alpha value is -4.94. The number of likely N-dealkylation sites (tertiary alicyclic amines) is 1. The van der Waals surface area contributed by atoms with E-state index in [1.807, 2.05) is 0 Å². The van der Waals surface area contributed by atoms with E-state index in [1.54, 1.807) is 11.0 Å². The van der Waals surface area contributed by atoms with Gasteiger partial charge in [-0.1, -0.05) is 6.08 Å². The number of rotatable bonds is 9. The normalized spacial score (nSPS) is 13.9. The number of carbonyl (C=O) groups excluding carboxylic acids is 3. The number of allylic oxidation sites excluding steroid dienone is 1. The van der Waals surface area contributed by atoms with Crippen molar-refractivity contribution in [1.82, 2.24) is 19.4 Å². The van der Waals surface area contributed by atoms with Gasteiger partial charge in [0.25, 0.3) is 5.56 Å². The number of amides is 3. The third-order valence-corrected chi connectivity index (χ3v) is 6.74. The number of ether oxygens (including phenoxy) is 1. The number of benzene rings is 1. The number of pyridine rings is 1. The molecule has 3 N–H and O–H groups in total. The summed E-state index contributed by atoms with van der Waals surface area (Å²) in [6.07, 6.45) is 4.71. The number of nitrogens with one attached hydrogen (secondary N) is 2. The summed E-state index contributed by atoms with van der Waals surface area (Å²) in [6.45, 7) is 1.25. The number of carboxylic acid groups (broad SMARTS) is 1. The first-order valence-electron chi connectivity index (χ1n) is 13.0. The topological polar surface area (TPSA) is 152 Å². The van der Waals surface area contributed by atoms with Crippen LogP contribution < -0.4 is 16.2 Å². The zero-order chi connectivity index (χ0) is 29.5. The smallest absolute Gasteiger partial charge is 0.416 e. The highest BCUT2D eigenvalue weighted by Crippen LogP contribution is 2.22. The SMILES string of the molecule is COC(=O)N[C@@H](CC/C=C/C(=O)N1CCCC1)C(=O)Nc1cccn(Cc2cc3cc(F)ccc3n2C(=O)O)c1=O. The van der Waals surface area contributed by atoms with Crippen molar-refractivity contribution in [2.45, 2.75) is 38.3 Å². The Balaban J connectivity index is 1.49. The van der Waals surface area contributed by atoms with Crippen molar-refractivity contribution >= 4 is 40.6 Å². The Morgan fingerprint density at radius 3 is 2.61 bits per heavy atom. The maximum atomic E-state index is 13.7. The number of aromatic nitrogens is 2. The van der Waals surface area contributed by atoms with Crippen LogP contribution in [-0.4, -0.2) is 69.4 Å². The summed E-state index contributed by atoms with van der Waals surface area (Å²) in [5.74, 6) is -1.32. The Morgan fingerprint density at radius 1 is 1.15 bits per heavy atom. The van der Waals surface area contributed by atoms with Gasteiger partial charge >= 0.3 is 12.2 Å². The van der Waals surface area contributed by atoms with E-state index in [2.05, 4.69) is 15.4 Å². The fourth-order valence-corrected chi connectivity index (χ4v) is 4.70. The van der Waals surface area contributed by atoms with E-state index in [9.17, 15) is 33.5 Å². The maximum Gasteiger partial charge on any atom is 0.416 e. The molecule has 1 aliphatic rings. The van der Waals surface area contributed by atoms with Crippen molar-refractivity contribution in [2.75, 3.05) is 25.5 Å². The zero-order valence-corrected chi connectivity index (χ0v) is 22.3. The van der Waals surface area contributed by atoms with Crippen LogP contribution in [0.1, 0.15) is 31.4 Å². The zero-order valence-electron chi connectivity index (χ0n) is 22.3. The molecule has 1 atom stereocenters. The van der Waals surface area contributed by atoms with E-state index >= 15 is 0 Å². The predicted molar refractivity (Wildman–Crippen MR) is 147 cm³/mol. The molecule has 4 rings (SSSR count). The van der Waals surface area contributed by atoms with Crippen molar-refractivity contribution in [3.8, 4) is 0 Å². The summed E-state index contributed by atoms with van der Waals surface area (Å²) in [4.78, 5) is 64.0. The van der Waals surface area contributed by atoms with Crippen LogP contribution >= 0.6 is 0 Å². The highest BCUT2D eigenvalue weighted by atomic mass is 19.1. The third kappa shape index (κ3) is 6.99. The van der Waals surface area contributed by atoms with E-state index in [4.69, 9.17) is 0 Å². The lowest BCUT2D eigenvalue weighted by Crippen LogP contribution is -2.44. The second kappa shape index (κ2) is 12.9. The number of anilines is 1. The van der Waals surface area contributed by atoms with Gasteiger partial charge in [0.1, 0.15) is 17.5 Å². The van der Waals surface area contributed by atoms with Crippen LogP contribution in [0.3, 0.4) is 0 Å². The van der Waals surface area contributed by atoms with E-state index in [0.29, 0.717) is 24.9 Å². The van der Waals surface area contributed by atoms with Gasteiger partial charge in [0.15, 0.2) is 0 Å². The Bertz CT molecular complexity index is 1550. The molecule has 0 bridgehead atoms. The molecule has 3 heterocycles. The molecule has 1 fully saturated rings. The van der Waals surface area contributed by atoms with Crippen molar-refractivity contribution in [3.63, 3.8) is 0 Å². The quantitative estimate of drug-likeness (QED) is 0.336. The molecule has 2 aromatic heterocycles. The molecule has 12 nitrogen and oxygen atoms in total. The summed E-state index contributed by atoms with van der Waals surface area (Å²) < 4.78 is 20.5. The van der Waals surface area contributed by atoms with Crippen LogP contribution in [0.15, 0.2) is 59.5 Å². The molecule has 0 unspecified atom stereocenters. The highest BCUT2D eigenvalue weighted by molar-refractivity contribution is 5.96. The lowest BCUT2D eigenvalue weighted by atomic mass is 10.1. The molecule has 1 aromatic carbocycles. The average molecular weight is 568 g/mol. The minimum Gasteiger partial charge on any atom is -0.464 e. The lowest BCUT2D eigenvalue weighted by Gasteiger charge is -2.17. The minimum atomic E-state index is -1.30. The molecule has 1 aliphatic heterocycles. The number of hydrogen-bond acceptors (Lipinski definition) is 6. The summed E-state index contributed by atoms with van der Waals surface area (Å²) in [7, 11) is 1.15. The highest BCUT2D eigenvalue weighted by Gasteiger charge is 2.23. The molecule has 3 amide bonds. The summed E-state index contributed by atoms with van der Waals surface area (Å²) in [5, 5.41) is 15.0. The van der Waals surface area contributed by atoms with Gasteiger partial charge in [0.05, 0.1) is 19.2 Å². The van der Waals surface area contributed by atoms with Crippen LogP contribution in [-0.2, 0) is 20.9 Å². The van der Waals surface area contributed by atoms with Gasteiger partial charge in [-0.25, -0.2) is 18.5 Å². The van der Waals surface area contributed by atoms with Gasteiger partial charge in [-0.15, -0.1) is 0 Å². The Morgan fingerprint density at radius 2 is 1.90 bits per heavy atom. The van der Waals surface area contributed by atoms with Gasteiger partial charge in [0.2, 0.25) is 11.8 Å². The molecule has 1 saturated heterocycles. The minimum absolute atomic E-state index is 0.0991. The van der Waals surface area contributed by atoms with Crippen LogP contribution in [0.5, 0.6) is 0 Å². The van der Waals surface area contributed by atoms with Crippen LogP contribution in [0.2, 0.25) is 0 Å². The van der Waals surface area contributed by atoms with Crippen molar-refractivity contribution < 1.29 is 33.4 Å². The molecule has 3 aromatic rings. The van der Waals surface area contributed by atoms with Crippen molar-refractivity contribution in [3.05, 3.63) is 76.6 Å². The molecular weight excluding hydrogens is 537 g/mol. The molecule has 13 heteroatoms. The molecule has 41 heavy (non-hydrogen) atoms. The fourth-order valence-electron chi connectivity index (χ4n) is 4.70. The summed E-state index contributed by atoms with van der Waals surface area (Å²) >= 11 is 0. The van der Waals surface area contributed by atoms with Gasteiger partial charge in [-0.2, -0.15) is 0 Å². The van der Waals surface area contributed by atoms with Gasteiger partial charge in [-0.05, 0) is 68.2 Å². The summed E-state index contributed by atoms with van der Waals surface area (Å²) in [5.41, 5.74) is -0.247. The van der Waals surface area contributed by atoms with Gasteiger partial charge in [0, 0.05) is 30.4 Å². The lowest BCUT2D eigenvalue weighted by molar-refractivity contribution is -0.125. The Kier molecular flexibility index (Phi) is 9.17. The number of alkyl carbamates (subject to hydrolysis) is 1. The van der Waals surface area contributed by atoms with Gasteiger partial charge in [-0.3, -0.25) is 14.4 Å². The number of halogens is 1. The Labute approximate surface area is 234 Å². The number of methoxy groups -OCH3 is 1. The number of carbonyl (C=O) groups is 4. The predicted octanol–water partition coefficient (Wildman–Crippen LogP) is 3.14. The average Bonchev–Trinajstić information content (AvgIpc) is 3.60. The van der Waals surface area contributed by atoms with Crippen LogP contribution in [0.4, 0.5) is 19.7 Å². The van der Waals surface area contributed by atoms with Gasteiger partial charge < -0.3 is 29.9 Å². The number of nitrogens with zero attached hydrogens (tertiary/aromatic N) is 3. The molecule has 0 spiro atoms. The van der Waals surface area contributed by atoms with Crippen molar-refractivity contribution in [2.24, 2.45) is 0 Å². The molecule has 0 radical (unpaired) electrons. The maximum absolute atomic E-state index is 13.7. The second-order valence-corrected chi connectivity index (χ2v) is 9.50. The molecule has 216 valence electrons. The molecular formula is C28H30FN5O7. The first kappa shape index (κ1) is 29.1. The van der Waals surface area contributed by atoms with E-state index in [-0.39, 0.29) is 35.8 Å². The standard InChI is InChI=1S/C28H30FN5O7/c1-41-27(38)31-21(7-2-3-9-24(35)32-12-4-5-13-32)25(36)30-22-8-6-14-33(26(22)37)17-20-16-18-15-19(29)10-11-23(18)34(20)28(39)40/h3,6,8-11,14-16,21H,2,4-5,7,12-13,17H2,1H3,(H,30,36)(H,31,38)(H,39,40)/b9-3+/t21-/m0/s1. The monoisotopic (exact) mass is 567 g/mol. The first-order valence-corrected chi connectivity index (χ1v) is 13.0. The number of hydrogen-bond donors (Lipinski definition) is 3. The molecule has 0 saturated carbocycles. The first-order chi connectivity index (χ1) is 19.7. The molecule has 0 aliphatic carbocycles. The van der Waals surface area contributed by atoms with E-state index < -0.39 is 35.5 Å². The van der Waals surface area contributed by atoms with Crippen LogP contribution in [0, 0.1) is 5.82 Å². The largest absolute Gasteiger partial charge is 0.464 e. The van der Waals surface area contributed by atoms with Crippen LogP contribution in [0.25, 0.3) is 10.9 Å². The van der Waals surface area contributed by atoms with Crippen molar-refractivity contribution in [1.29, 1.82) is 0 Å². The van der Waals surface area contributed by atoms with E-state index in [0.717, 1.165) is 30.6 Å².